The number of aryl methyl sites for hydroxylation is 1. The topological polar surface area (TPSA) is 54.0 Å². The van der Waals surface area contributed by atoms with Crippen molar-refractivity contribution in [3.05, 3.63) is 52.3 Å². The molecule has 0 aliphatic heterocycles. The fourth-order valence-corrected chi connectivity index (χ4v) is 2.12. The Hall–Kier alpha value is -1.88. The third-order valence-corrected chi connectivity index (χ3v) is 4.02. The number of hydrogen-bond acceptors (Lipinski definition) is 3. The van der Waals surface area contributed by atoms with Crippen LogP contribution in [0.15, 0.2) is 41.0 Å². The highest BCUT2D eigenvalue weighted by Gasteiger charge is 2.08. The van der Waals surface area contributed by atoms with Crippen molar-refractivity contribution >= 4 is 33.2 Å². The van der Waals surface area contributed by atoms with Gasteiger partial charge in [0.2, 0.25) is 0 Å². The maximum absolute atomic E-state index is 12.2. The average molecular weight is 362 g/mol. The van der Waals surface area contributed by atoms with E-state index < -0.39 is 0 Å². The van der Waals surface area contributed by atoms with E-state index in [0.717, 1.165) is 28.0 Å². The Bertz CT molecular complexity index is 653. The molecule has 4 nitrogen and oxygen atoms in total. The van der Waals surface area contributed by atoms with Crippen molar-refractivity contribution in [1.82, 2.24) is 4.98 Å². The number of pyridine rings is 1. The molecule has 5 heteroatoms. The van der Waals surface area contributed by atoms with Gasteiger partial charge in [0.25, 0.3) is 5.91 Å². The van der Waals surface area contributed by atoms with Gasteiger partial charge in [0.05, 0.1) is 11.9 Å². The molecule has 1 heterocycles. The number of rotatable bonds is 5. The quantitative estimate of drug-likeness (QED) is 0.825. The van der Waals surface area contributed by atoms with Gasteiger partial charge in [-0.1, -0.05) is 29.8 Å². The molecular weight excluding hydrogens is 342 g/mol. The predicted octanol–water partition coefficient (Wildman–Crippen LogP) is 4.47. The zero-order valence-electron chi connectivity index (χ0n) is 13.0. The van der Waals surface area contributed by atoms with Crippen molar-refractivity contribution in [3.8, 4) is 0 Å². The highest BCUT2D eigenvalue weighted by atomic mass is 79.9. The smallest absolute Gasteiger partial charge is 0.274 e. The fourth-order valence-electron chi connectivity index (χ4n) is 1.87. The molecule has 0 unspecified atom stereocenters. The standard InChI is InChI=1S/C17H20BrN3O/c1-11(2)9-19-14-5-7-16(20-10-14)17(22)21-13-4-6-15(18)12(3)8-13/h4-8,10-11,19H,9H2,1-3H3,(H,21,22). The van der Waals surface area contributed by atoms with Gasteiger partial charge in [-0.25, -0.2) is 4.98 Å². The van der Waals surface area contributed by atoms with Gasteiger partial charge in [0.15, 0.2) is 0 Å². The van der Waals surface area contributed by atoms with Crippen molar-refractivity contribution in [2.75, 3.05) is 17.2 Å². The highest BCUT2D eigenvalue weighted by molar-refractivity contribution is 9.10. The van der Waals surface area contributed by atoms with E-state index in [1.807, 2.05) is 31.2 Å². The second-order valence-corrected chi connectivity index (χ2v) is 6.48. The van der Waals surface area contributed by atoms with E-state index >= 15 is 0 Å². The molecular formula is C17H20BrN3O. The van der Waals surface area contributed by atoms with E-state index in [1.54, 1.807) is 12.3 Å². The molecule has 0 spiro atoms. The number of anilines is 2. The molecule has 0 atom stereocenters. The lowest BCUT2D eigenvalue weighted by atomic mass is 10.2. The van der Waals surface area contributed by atoms with Gasteiger partial charge in [-0.15, -0.1) is 0 Å². The van der Waals surface area contributed by atoms with Crippen molar-refractivity contribution < 1.29 is 4.79 Å². The van der Waals surface area contributed by atoms with Crippen molar-refractivity contribution in [2.24, 2.45) is 5.92 Å². The molecule has 22 heavy (non-hydrogen) atoms. The first-order chi connectivity index (χ1) is 10.5. The monoisotopic (exact) mass is 361 g/mol. The number of benzene rings is 1. The zero-order chi connectivity index (χ0) is 16.1. The number of amides is 1. The average Bonchev–Trinajstić information content (AvgIpc) is 2.49. The molecule has 0 saturated carbocycles. The van der Waals surface area contributed by atoms with Crippen LogP contribution >= 0.6 is 15.9 Å². The van der Waals surface area contributed by atoms with Gasteiger partial charge in [-0.05, 0) is 48.7 Å². The Morgan fingerprint density at radius 2 is 1.95 bits per heavy atom. The summed E-state index contributed by atoms with van der Waals surface area (Å²) in [4.78, 5) is 16.4. The maximum Gasteiger partial charge on any atom is 0.274 e. The molecule has 0 radical (unpaired) electrons. The molecule has 2 N–H and O–H groups in total. The first-order valence-electron chi connectivity index (χ1n) is 7.23. The summed E-state index contributed by atoms with van der Waals surface area (Å²) in [7, 11) is 0. The summed E-state index contributed by atoms with van der Waals surface area (Å²) in [6, 6.07) is 9.28. The molecule has 0 saturated heterocycles. The summed E-state index contributed by atoms with van der Waals surface area (Å²) >= 11 is 3.44. The summed E-state index contributed by atoms with van der Waals surface area (Å²) in [6.07, 6.45) is 1.68. The molecule has 1 amide bonds. The largest absolute Gasteiger partial charge is 0.384 e. The third kappa shape index (κ3) is 4.56. The molecule has 0 bridgehead atoms. The Kier molecular flexibility index (Phi) is 5.55. The van der Waals surface area contributed by atoms with E-state index in [1.165, 1.54) is 0 Å². The van der Waals surface area contributed by atoms with Gasteiger partial charge in [-0.2, -0.15) is 0 Å². The van der Waals surface area contributed by atoms with Crippen LogP contribution in [0, 0.1) is 12.8 Å². The van der Waals surface area contributed by atoms with Crippen molar-refractivity contribution in [2.45, 2.75) is 20.8 Å². The van der Waals surface area contributed by atoms with E-state index in [0.29, 0.717) is 11.6 Å². The van der Waals surface area contributed by atoms with Gasteiger partial charge in [0, 0.05) is 16.7 Å². The van der Waals surface area contributed by atoms with Crippen LogP contribution < -0.4 is 10.6 Å². The summed E-state index contributed by atoms with van der Waals surface area (Å²) in [6.45, 7) is 7.14. The Labute approximate surface area is 139 Å². The molecule has 0 aliphatic rings. The van der Waals surface area contributed by atoms with Gasteiger partial charge in [0.1, 0.15) is 5.69 Å². The lowest BCUT2D eigenvalue weighted by molar-refractivity contribution is 0.102. The Balaban J connectivity index is 2.01. The second kappa shape index (κ2) is 7.40. The number of nitrogens with zero attached hydrogens (tertiary/aromatic N) is 1. The number of hydrogen-bond donors (Lipinski definition) is 2. The third-order valence-electron chi connectivity index (χ3n) is 3.13. The molecule has 116 valence electrons. The van der Waals surface area contributed by atoms with Crippen molar-refractivity contribution in [1.29, 1.82) is 0 Å². The number of halogens is 1. The SMILES string of the molecule is Cc1cc(NC(=O)c2ccc(NCC(C)C)cn2)ccc1Br. The minimum Gasteiger partial charge on any atom is -0.384 e. The highest BCUT2D eigenvalue weighted by Crippen LogP contribution is 2.20. The van der Waals surface area contributed by atoms with E-state index in [-0.39, 0.29) is 5.91 Å². The number of aromatic nitrogens is 1. The van der Waals surface area contributed by atoms with Gasteiger partial charge < -0.3 is 10.6 Å². The molecule has 1 aromatic carbocycles. The van der Waals surface area contributed by atoms with Crippen LogP contribution in [0.2, 0.25) is 0 Å². The first kappa shape index (κ1) is 16.5. The predicted molar refractivity (Wildman–Crippen MR) is 94.4 cm³/mol. The van der Waals surface area contributed by atoms with Gasteiger partial charge in [-0.3, -0.25) is 4.79 Å². The maximum atomic E-state index is 12.2. The Morgan fingerprint density at radius 1 is 1.23 bits per heavy atom. The number of nitrogens with one attached hydrogen (secondary N) is 2. The van der Waals surface area contributed by atoms with E-state index in [9.17, 15) is 4.79 Å². The zero-order valence-corrected chi connectivity index (χ0v) is 14.6. The molecule has 1 aromatic heterocycles. The van der Waals surface area contributed by atoms with Crippen molar-refractivity contribution in [3.63, 3.8) is 0 Å². The van der Waals surface area contributed by atoms with Gasteiger partial charge >= 0.3 is 0 Å². The number of carbonyl (C=O) groups excluding carboxylic acids is 1. The minimum absolute atomic E-state index is 0.211. The van der Waals surface area contributed by atoms with Crippen LogP contribution in [0.4, 0.5) is 11.4 Å². The minimum atomic E-state index is -0.211. The fraction of sp³-hybridized carbons (Fsp3) is 0.294. The normalized spacial score (nSPS) is 10.6. The van der Waals surface area contributed by atoms with Crippen LogP contribution in [0.3, 0.4) is 0 Å². The van der Waals surface area contributed by atoms with E-state index in [2.05, 4.69) is 45.4 Å². The summed E-state index contributed by atoms with van der Waals surface area (Å²) in [5, 5.41) is 6.13. The lowest BCUT2D eigenvalue weighted by Crippen LogP contribution is -2.14. The summed E-state index contributed by atoms with van der Waals surface area (Å²) in [5.74, 6) is 0.348. The van der Waals surface area contributed by atoms with E-state index in [4.69, 9.17) is 0 Å². The molecule has 0 aliphatic carbocycles. The number of carbonyl (C=O) groups is 1. The Morgan fingerprint density at radius 3 is 2.55 bits per heavy atom. The van der Waals surface area contributed by atoms with Crippen LogP contribution in [0.5, 0.6) is 0 Å². The van der Waals surface area contributed by atoms with Crippen LogP contribution in [-0.4, -0.2) is 17.4 Å². The first-order valence-corrected chi connectivity index (χ1v) is 8.02. The molecule has 2 rings (SSSR count). The lowest BCUT2D eigenvalue weighted by Gasteiger charge is -2.09. The second-order valence-electron chi connectivity index (χ2n) is 5.62. The van der Waals surface area contributed by atoms with Crippen LogP contribution in [0.1, 0.15) is 29.9 Å². The summed E-state index contributed by atoms with van der Waals surface area (Å²) in [5.41, 5.74) is 3.15. The molecule has 0 fully saturated rings. The van der Waals surface area contributed by atoms with Crippen LogP contribution in [0.25, 0.3) is 0 Å². The van der Waals surface area contributed by atoms with Crippen LogP contribution in [-0.2, 0) is 0 Å². The summed E-state index contributed by atoms with van der Waals surface area (Å²) < 4.78 is 1.02. The molecule has 2 aromatic rings.